The Labute approximate surface area is 84.5 Å². The van der Waals surface area contributed by atoms with Gasteiger partial charge >= 0.3 is 0 Å². The highest BCUT2D eigenvalue weighted by Crippen LogP contribution is 2.23. The minimum absolute atomic E-state index is 0.526. The smallest absolute Gasteiger partial charge is 0.265 e. The lowest BCUT2D eigenvalue weighted by atomic mass is 10.3. The molecule has 0 aliphatic carbocycles. The SMILES string of the molecule is CN(C)c1ccc2oc(Br)nc2c1. The molecule has 0 saturated heterocycles. The second kappa shape index (κ2) is 3.03. The predicted octanol–water partition coefficient (Wildman–Crippen LogP) is 2.66. The molecule has 13 heavy (non-hydrogen) atoms. The van der Waals surface area contributed by atoms with Crippen LogP contribution in [0, 0.1) is 0 Å². The van der Waals surface area contributed by atoms with Gasteiger partial charge in [-0.2, -0.15) is 0 Å². The largest absolute Gasteiger partial charge is 0.431 e. The number of anilines is 1. The molecule has 0 amide bonds. The molecule has 0 fully saturated rings. The normalized spacial score (nSPS) is 10.7. The van der Waals surface area contributed by atoms with E-state index in [1.54, 1.807) is 0 Å². The summed E-state index contributed by atoms with van der Waals surface area (Å²) in [5, 5.41) is 0. The van der Waals surface area contributed by atoms with Gasteiger partial charge in [-0.3, -0.25) is 0 Å². The molecule has 0 aliphatic heterocycles. The van der Waals surface area contributed by atoms with Crippen molar-refractivity contribution in [3.8, 4) is 0 Å². The lowest BCUT2D eigenvalue weighted by molar-refractivity contribution is 0.570. The summed E-state index contributed by atoms with van der Waals surface area (Å²) >= 11 is 3.19. The number of aromatic nitrogens is 1. The fourth-order valence-corrected chi connectivity index (χ4v) is 1.53. The van der Waals surface area contributed by atoms with Crippen LogP contribution in [0.5, 0.6) is 0 Å². The Morgan fingerprint density at radius 2 is 2.15 bits per heavy atom. The molecule has 0 bridgehead atoms. The molecular formula is C9H9BrN2O. The highest BCUT2D eigenvalue weighted by molar-refractivity contribution is 9.10. The van der Waals surface area contributed by atoms with Gasteiger partial charge in [0.1, 0.15) is 5.52 Å². The molecule has 0 aliphatic rings. The van der Waals surface area contributed by atoms with Crippen molar-refractivity contribution >= 4 is 32.7 Å². The first kappa shape index (κ1) is 8.56. The Balaban J connectivity index is 2.61. The van der Waals surface area contributed by atoms with E-state index in [1.165, 1.54) is 0 Å². The summed E-state index contributed by atoms with van der Waals surface area (Å²) in [5.74, 6) is 0. The maximum absolute atomic E-state index is 5.29. The fourth-order valence-electron chi connectivity index (χ4n) is 1.17. The summed E-state index contributed by atoms with van der Waals surface area (Å²) in [6.07, 6.45) is 0. The molecule has 0 spiro atoms. The third-order valence-electron chi connectivity index (χ3n) is 1.86. The topological polar surface area (TPSA) is 29.3 Å². The molecule has 4 heteroatoms. The van der Waals surface area contributed by atoms with E-state index in [0.717, 1.165) is 16.8 Å². The minimum Gasteiger partial charge on any atom is -0.431 e. The molecule has 0 atom stereocenters. The first-order valence-corrected chi connectivity index (χ1v) is 4.69. The van der Waals surface area contributed by atoms with Crippen LogP contribution in [0.2, 0.25) is 0 Å². The first-order chi connectivity index (χ1) is 6.16. The number of rotatable bonds is 1. The van der Waals surface area contributed by atoms with Gasteiger partial charge < -0.3 is 9.32 Å². The van der Waals surface area contributed by atoms with Crippen LogP contribution in [-0.4, -0.2) is 19.1 Å². The summed E-state index contributed by atoms with van der Waals surface area (Å²) in [6, 6.07) is 5.91. The van der Waals surface area contributed by atoms with Crippen molar-refractivity contribution in [2.75, 3.05) is 19.0 Å². The van der Waals surface area contributed by atoms with E-state index in [9.17, 15) is 0 Å². The van der Waals surface area contributed by atoms with Gasteiger partial charge in [-0.1, -0.05) is 0 Å². The lowest BCUT2D eigenvalue weighted by Gasteiger charge is -2.10. The van der Waals surface area contributed by atoms with E-state index in [2.05, 4.69) is 20.9 Å². The van der Waals surface area contributed by atoms with Crippen molar-refractivity contribution in [1.82, 2.24) is 4.98 Å². The van der Waals surface area contributed by atoms with Gasteiger partial charge in [0.25, 0.3) is 4.80 Å². The summed E-state index contributed by atoms with van der Waals surface area (Å²) in [7, 11) is 3.99. The van der Waals surface area contributed by atoms with Crippen molar-refractivity contribution in [2.24, 2.45) is 0 Å². The van der Waals surface area contributed by atoms with Gasteiger partial charge in [0.2, 0.25) is 0 Å². The van der Waals surface area contributed by atoms with Gasteiger partial charge in [-0.15, -0.1) is 0 Å². The zero-order valence-corrected chi connectivity index (χ0v) is 9.00. The lowest BCUT2D eigenvalue weighted by Crippen LogP contribution is -2.07. The van der Waals surface area contributed by atoms with Crippen molar-refractivity contribution in [1.29, 1.82) is 0 Å². The standard InChI is InChI=1S/C9H9BrN2O/c1-12(2)6-3-4-8-7(5-6)11-9(10)13-8/h3-5H,1-2H3. The van der Waals surface area contributed by atoms with E-state index in [4.69, 9.17) is 4.42 Å². The van der Waals surface area contributed by atoms with Gasteiger partial charge in [0.05, 0.1) is 0 Å². The molecule has 2 aromatic rings. The molecule has 68 valence electrons. The van der Waals surface area contributed by atoms with Crippen LogP contribution in [0.1, 0.15) is 0 Å². The van der Waals surface area contributed by atoms with E-state index >= 15 is 0 Å². The third kappa shape index (κ3) is 1.54. The predicted molar refractivity (Wildman–Crippen MR) is 56.0 cm³/mol. The molecular weight excluding hydrogens is 232 g/mol. The summed E-state index contributed by atoms with van der Waals surface area (Å²) in [4.78, 5) is 6.74. The van der Waals surface area contributed by atoms with Crippen LogP contribution in [-0.2, 0) is 0 Å². The highest BCUT2D eigenvalue weighted by atomic mass is 79.9. The Morgan fingerprint density at radius 3 is 2.85 bits per heavy atom. The van der Waals surface area contributed by atoms with Crippen LogP contribution in [0.4, 0.5) is 5.69 Å². The first-order valence-electron chi connectivity index (χ1n) is 3.90. The summed E-state index contributed by atoms with van der Waals surface area (Å²) < 4.78 is 5.29. The maximum Gasteiger partial charge on any atom is 0.265 e. The number of nitrogens with zero attached hydrogens (tertiary/aromatic N) is 2. The van der Waals surface area contributed by atoms with Gasteiger partial charge in [-0.25, -0.2) is 4.98 Å². The van der Waals surface area contributed by atoms with E-state index in [1.807, 2.05) is 37.2 Å². The highest BCUT2D eigenvalue weighted by Gasteiger charge is 2.04. The second-order valence-corrected chi connectivity index (χ2v) is 3.69. The summed E-state index contributed by atoms with van der Waals surface area (Å²) in [6.45, 7) is 0. The number of fused-ring (bicyclic) bond motifs is 1. The van der Waals surface area contributed by atoms with Crippen LogP contribution in [0.25, 0.3) is 11.1 Å². The molecule has 3 nitrogen and oxygen atoms in total. The quantitative estimate of drug-likeness (QED) is 0.768. The van der Waals surface area contributed by atoms with Crippen LogP contribution >= 0.6 is 15.9 Å². The van der Waals surface area contributed by atoms with E-state index < -0.39 is 0 Å². The maximum atomic E-state index is 5.29. The Bertz CT molecular complexity index is 436. The van der Waals surface area contributed by atoms with Crippen molar-refractivity contribution < 1.29 is 4.42 Å². The van der Waals surface area contributed by atoms with E-state index in [-0.39, 0.29) is 0 Å². The zero-order valence-electron chi connectivity index (χ0n) is 7.41. The Morgan fingerprint density at radius 1 is 1.38 bits per heavy atom. The number of halogens is 1. The molecule has 1 aromatic heterocycles. The van der Waals surface area contributed by atoms with Crippen molar-refractivity contribution in [2.45, 2.75) is 0 Å². The van der Waals surface area contributed by atoms with Crippen molar-refractivity contribution in [3.63, 3.8) is 0 Å². The minimum atomic E-state index is 0.526. The second-order valence-electron chi connectivity index (χ2n) is 3.01. The van der Waals surface area contributed by atoms with E-state index in [0.29, 0.717) is 4.80 Å². The van der Waals surface area contributed by atoms with Crippen LogP contribution < -0.4 is 4.90 Å². The average molecular weight is 241 g/mol. The van der Waals surface area contributed by atoms with Gasteiger partial charge in [-0.05, 0) is 18.2 Å². The molecule has 1 heterocycles. The van der Waals surface area contributed by atoms with Gasteiger partial charge in [0.15, 0.2) is 5.58 Å². The van der Waals surface area contributed by atoms with Crippen LogP contribution in [0.3, 0.4) is 0 Å². The fraction of sp³-hybridized carbons (Fsp3) is 0.222. The molecule has 0 saturated carbocycles. The molecule has 1 aromatic carbocycles. The number of hydrogen-bond donors (Lipinski definition) is 0. The summed E-state index contributed by atoms with van der Waals surface area (Å²) in [5.41, 5.74) is 2.80. The Kier molecular flexibility index (Phi) is 2.00. The van der Waals surface area contributed by atoms with Crippen molar-refractivity contribution in [3.05, 3.63) is 23.0 Å². The molecule has 2 rings (SSSR count). The van der Waals surface area contributed by atoms with Crippen LogP contribution in [0.15, 0.2) is 27.4 Å². The molecule has 0 unspecified atom stereocenters. The molecule has 0 radical (unpaired) electrons. The third-order valence-corrected chi connectivity index (χ3v) is 2.20. The average Bonchev–Trinajstić information content (AvgIpc) is 2.42. The number of oxazole rings is 1. The Hall–Kier alpha value is -1.03. The monoisotopic (exact) mass is 240 g/mol. The zero-order chi connectivity index (χ0) is 9.42. The number of hydrogen-bond acceptors (Lipinski definition) is 3. The molecule has 0 N–H and O–H groups in total. The number of benzene rings is 1. The van der Waals surface area contributed by atoms with Gasteiger partial charge in [0, 0.05) is 35.7 Å².